The number of nitrogen functional groups attached to an aromatic ring is 1. The van der Waals surface area contributed by atoms with Gasteiger partial charge in [0.25, 0.3) is 5.78 Å². The van der Waals surface area contributed by atoms with E-state index in [1.165, 1.54) is 18.2 Å². The Morgan fingerprint density at radius 1 is 0.812 bits per heavy atom. The van der Waals surface area contributed by atoms with E-state index in [0.717, 1.165) is 11.1 Å². The molecule has 0 amide bonds. The largest absolute Gasteiger partial charge is 0.456 e. The van der Waals surface area contributed by atoms with E-state index in [1.54, 1.807) is 20.8 Å². The Balaban J connectivity index is 1.82. The van der Waals surface area contributed by atoms with Crippen molar-refractivity contribution in [2.75, 3.05) is 5.73 Å². The van der Waals surface area contributed by atoms with Gasteiger partial charge in [-0.2, -0.15) is 0 Å². The summed E-state index contributed by atoms with van der Waals surface area (Å²) in [5, 5.41) is 0. The summed E-state index contributed by atoms with van der Waals surface area (Å²) in [7, 11) is 0. The van der Waals surface area contributed by atoms with E-state index in [2.05, 4.69) is 0 Å². The first-order valence-corrected chi connectivity index (χ1v) is 10.1. The molecule has 0 spiro atoms. The van der Waals surface area contributed by atoms with Gasteiger partial charge in [0.05, 0.1) is 11.1 Å². The van der Waals surface area contributed by atoms with Crippen LogP contribution in [-0.2, 0) is 14.3 Å². The first kappa shape index (κ1) is 22.7. The van der Waals surface area contributed by atoms with Gasteiger partial charge in [0.1, 0.15) is 5.60 Å². The summed E-state index contributed by atoms with van der Waals surface area (Å²) in [6.45, 7) is 5.24. The Morgan fingerprint density at radius 3 is 1.81 bits per heavy atom. The normalized spacial score (nSPS) is 11.1. The lowest BCUT2D eigenvalue weighted by molar-refractivity contribution is -0.141. The average molecular weight is 431 g/mol. The molecule has 0 aliphatic heterocycles. The number of ketones is 1. The van der Waals surface area contributed by atoms with E-state index in [9.17, 15) is 14.4 Å². The second kappa shape index (κ2) is 9.47. The van der Waals surface area contributed by atoms with Crippen molar-refractivity contribution in [3.8, 4) is 0 Å². The summed E-state index contributed by atoms with van der Waals surface area (Å²) >= 11 is 0. The van der Waals surface area contributed by atoms with Crippen molar-refractivity contribution >= 4 is 23.4 Å². The van der Waals surface area contributed by atoms with Crippen molar-refractivity contribution in [2.45, 2.75) is 32.5 Å². The quantitative estimate of drug-likeness (QED) is 0.262. The predicted octanol–water partition coefficient (Wildman–Crippen LogP) is 4.74. The molecule has 2 N–H and O–H groups in total. The Hall–Kier alpha value is -3.93. The van der Waals surface area contributed by atoms with Gasteiger partial charge in [0, 0.05) is 5.69 Å². The fourth-order valence-electron chi connectivity index (χ4n) is 3.09. The minimum Gasteiger partial charge on any atom is -0.456 e. The second-order valence-corrected chi connectivity index (χ2v) is 8.24. The van der Waals surface area contributed by atoms with Crippen LogP contribution in [0.25, 0.3) is 0 Å². The lowest BCUT2D eigenvalue weighted by Crippen LogP contribution is -2.24. The SMILES string of the molecule is CC(C)(C)OC(=O)c1ccc(C(=O)C(=O)OC(c2ccccc2)c2ccccc2)c(N)c1. The number of carbonyl (C=O) groups is 3. The fourth-order valence-corrected chi connectivity index (χ4v) is 3.09. The van der Waals surface area contributed by atoms with Crippen LogP contribution in [-0.4, -0.2) is 23.3 Å². The van der Waals surface area contributed by atoms with E-state index in [0.29, 0.717) is 0 Å². The zero-order valence-corrected chi connectivity index (χ0v) is 18.2. The zero-order valence-electron chi connectivity index (χ0n) is 18.2. The molecule has 0 radical (unpaired) electrons. The van der Waals surface area contributed by atoms with Crippen LogP contribution in [0.3, 0.4) is 0 Å². The molecular weight excluding hydrogens is 406 g/mol. The van der Waals surface area contributed by atoms with Crippen LogP contribution < -0.4 is 5.73 Å². The van der Waals surface area contributed by atoms with Crippen LogP contribution in [0.15, 0.2) is 78.9 Å². The van der Waals surface area contributed by atoms with Crippen LogP contribution in [0.4, 0.5) is 5.69 Å². The number of hydrogen-bond donors (Lipinski definition) is 1. The van der Waals surface area contributed by atoms with Crippen molar-refractivity contribution in [3.63, 3.8) is 0 Å². The maximum absolute atomic E-state index is 12.8. The summed E-state index contributed by atoms with van der Waals surface area (Å²) in [6, 6.07) is 22.3. The number of ether oxygens (including phenoxy) is 2. The number of carbonyl (C=O) groups excluding carboxylic acids is 3. The second-order valence-electron chi connectivity index (χ2n) is 8.24. The van der Waals surface area contributed by atoms with Crippen molar-refractivity contribution < 1.29 is 23.9 Å². The van der Waals surface area contributed by atoms with E-state index < -0.39 is 29.4 Å². The van der Waals surface area contributed by atoms with E-state index in [4.69, 9.17) is 15.2 Å². The van der Waals surface area contributed by atoms with Gasteiger partial charge in [0.15, 0.2) is 6.10 Å². The summed E-state index contributed by atoms with van der Waals surface area (Å²) < 4.78 is 10.9. The Bertz CT molecular complexity index is 1080. The van der Waals surface area contributed by atoms with Gasteiger partial charge in [-0.05, 0) is 50.1 Å². The Kier molecular flexibility index (Phi) is 6.73. The van der Waals surface area contributed by atoms with E-state index in [-0.39, 0.29) is 16.8 Å². The molecular formula is C26H25NO5. The molecule has 6 nitrogen and oxygen atoms in total. The average Bonchev–Trinajstić information content (AvgIpc) is 2.76. The Labute approximate surface area is 187 Å². The summed E-state index contributed by atoms with van der Waals surface area (Å²) in [6.07, 6.45) is -0.754. The minimum atomic E-state index is -1.04. The minimum absolute atomic E-state index is 0.00807. The lowest BCUT2D eigenvalue weighted by atomic mass is 10.0. The molecule has 6 heteroatoms. The summed E-state index contributed by atoms with van der Waals surface area (Å²) in [5.74, 6) is -2.51. The van der Waals surface area contributed by atoms with Gasteiger partial charge in [0.2, 0.25) is 0 Å². The van der Waals surface area contributed by atoms with Crippen LogP contribution >= 0.6 is 0 Å². The number of Topliss-reactive ketones (excluding diaryl/α,β-unsaturated/α-hetero) is 1. The molecule has 0 heterocycles. The fraction of sp³-hybridized carbons (Fsp3) is 0.192. The van der Waals surface area contributed by atoms with Crippen molar-refractivity contribution in [2.24, 2.45) is 0 Å². The molecule has 3 aromatic rings. The molecule has 0 saturated heterocycles. The standard InChI is InChI=1S/C26H25NO5/c1-26(2,3)32-24(29)19-14-15-20(21(27)16-19)22(28)25(30)31-23(17-10-6-4-7-11-17)18-12-8-5-9-13-18/h4-16,23H,27H2,1-3H3. The van der Waals surface area contributed by atoms with Crippen molar-refractivity contribution in [3.05, 3.63) is 101 Å². The number of anilines is 1. The highest BCUT2D eigenvalue weighted by Crippen LogP contribution is 2.27. The maximum Gasteiger partial charge on any atom is 0.380 e. The summed E-state index contributed by atoms with van der Waals surface area (Å²) in [4.78, 5) is 37.8. The van der Waals surface area contributed by atoms with Crippen LogP contribution in [0.1, 0.15) is 58.7 Å². The summed E-state index contributed by atoms with van der Waals surface area (Å²) in [5.41, 5.74) is 6.91. The highest BCUT2D eigenvalue weighted by atomic mass is 16.6. The molecule has 0 unspecified atom stereocenters. The molecule has 164 valence electrons. The van der Waals surface area contributed by atoms with Gasteiger partial charge in [-0.1, -0.05) is 60.7 Å². The molecule has 0 aromatic heterocycles. The van der Waals surface area contributed by atoms with Crippen LogP contribution in [0.2, 0.25) is 0 Å². The van der Waals surface area contributed by atoms with E-state index in [1.807, 2.05) is 60.7 Å². The molecule has 0 saturated carbocycles. The maximum atomic E-state index is 12.8. The monoisotopic (exact) mass is 431 g/mol. The van der Waals surface area contributed by atoms with Gasteiger partial charge >= 0.3 is 11.9 Å². The third kappa shape index (κ3) is 5.60. The first-order chi connectivity index (χ1) is 15.2. The van der Waals surface area contributed by atoms with Crippen molar-refractivity contribution in [1.82, 2.24) is 0 Å². The molecule has 0 bridgehead atoms. The molecule has 0 atom stereocenters. The van der Waals surface area contributed by atoms with E-state index >= 15 is 0 Å². The zero-order chi connectivity index (χ0) is 23.3. The Morgan fingerprint density at radius 2 is 1.34 bits per heavy atom. The number of benzene rings is 3. The third-order valence-corrected chi connectivity index (χ3v) is 4.55. The van der Waals surface area contributed by atoms with Gasteiger partial charge in [-0.25, -0.2) is 9.59 Å². The predicted molar refractivity (Wildman–Crippen MR) is 121 cm³/mol. The van der Waals surface area contributed by atoms with Crippen LogP contribution in [0, 0.1) is 0 Å². The molecule has 0 fully saturated rings. The molecule has 3 rings (SSSR count). The highest BCUT2D eigenvalue weighted by Gasteiger charge is 2.27. The molecule has 0 aliphatic carbocycles. The molecule has 3 aromatic carbocycles. The van der Waals surface area contributed by atoms with Gasteiger partial charge in [-0.3, -0.25) is 4.79 Å². The number of hydrogen-bond acceptors (Lipinski definition) is 6. The van der Waals surface area contributed by atoms with Crippen molar-refractivity contribution in [1.29, 1.82) is 0 Å². The highest BCUT2D eigenvalue weighted by molar-refractivity contribution is 6.41. The topological polar surface area (TPSA) is 95.7 Å². The molecule has 32 heavy (non-hydrogen) atoms. The van der Waals surface area contributed by atoms with Gasteiger partial charge < -0.3 is 15.2 Å². The number of rotatable bonds is 6. The first-order valence-electron chi connectivity index (χ1n) is 10.1. The van der Waals surface area contributed by atoms with Gasteiger partial charge in [-0.15, -0.1) is 0 Å². The molecule has 0 aliphatic rings. The lowest BCUT2D eigenvalue weighted by Gasteiger charge is -2.20. The van der Waals surface area contributed by atoms with Crippen LogP contribution in [0.5, 0.6) is 0 Å². The smallest absolute Gasteiger partial charge is 0.380 e. The number of esters is 2. The third-order valence-electron chi connectivity index (χ3n) is 4.55. The number of nitrogens with two attached hydrogens (primary N) is 1.